The van der Waals surface area contributed by atoms with E-state index in [1.807, 2.05) is 24.3 Å². The van der Waals surface area contributed by atoms with Crippen LogP contribution in [-0.2, 0) is 11.2 Å². The molecule has 2 aromatic rings. The highest BCUT2D eigenvalue weighted by Gasteiger charge is 2.25. The number of para-hydroxylation sites is 3. The lowest BCUT2D eigenvalue weighted by atomic mass is 10.1. The first kappa shape index (κ1) is 15.4. The zero-order chi connectivity index (χ0) is 16.2. The van der Waals surface area contributed by atoms with Gasteiger partial charge in [0.25, 0.3) is 0 Å². The van der Waals surface area contributed by atoms with Gasteiger partial charge in [0, 0.05) is 24.7 Å². The normalized spacial score (nSPS) is 16.1. The molecule has 0 spiro atoms. The molecule has 0 saturated carbocycles. The molecule has 3 rings (SSSR count). The minimum Gasteiger partial charge on any atom is -0.495 e. The van der Waals surface area contributed by atoms with Gasteiger partial charge in [0.2, 0.25) is 5.91 Å². The number of ether oxygens (including phenoxy) is 1. The molecule has 1 aliphatic heterocycles. The lowest BCUT2D eigenvalue weighted by molar-refractivity contribution is -0.116. The van der Waals surface area contributed by atoms with Gasteiger partial charge in [0.05, 0.1) is 12.8 Å². The van der Waals surface area contributed by atoms with Crippen molar-refractivity contribution in [2.45, 2.75) is 25.8 Å². The maximum Gasteiger partial charge on any atom is 0.226 e. The molecule has 0 aliphatic carbocycles. The number of carbonyl (C=O) groups is 1. The fourth-order valence-corrected chi connectivity index (χ4v) is 3.15. The second-order valence-corrected chi connectivity index (χ2v) is 5.87. The highest BCUT2D eigenvalue weighted by molar-refractivity contribution is 5.92. The molecule has 1 N–H and O–H groups in total. The Morgan fingerprint density at radius 1 is 1.22 bits per heavy atom. The predicted octanol–water partition coefficient (Wildman–Crippen LogP) is 3.48. The Labute approximate surface area is 137 Å². The summed E-state index contributed by atoms with van der Waals surface area (Å²) in [7, 11) is 1.60. The number of amides is 1. The molecular formula is C19H22N2O2. The van der Waals surface area contributed by atoms with Crippen molar-refractivity contribution in [2.24, 2.45) is 0 Å². The summed E-state index contributed by atoms with van der Waals surface area (Å²) >= 11 is 0. The Balaban J connectivity index is 1.61. The number of fused-ring (bicyclic) bond motifs is 1. The largest absolute Gasteiger partial charge is 0.495 e. The van der Waals surface area contributed by atoms with Gasteiger partial charge in [-0.2, -0.15) is 0 Å². The quantitative estimate of drug-likeness (QED) is 0.919. The van der Waals surface area contributed by atoms with Crippen LogP contribution in [0, 0.1) is 0 Å². The molecule has 0 aromatic heterocycles. The van der Waals surface area contributed by atoms with Gasteiger partial charge in [-0.1, -0.05) is 30.3 Å². The van der Waals surface area contributed by atoms with E-state index in [4.69, 9.17) is 4.74 Å². The third kappa shape index (κ3) is 3.31. The van der Waals surface area contributed by atoms with Crippen molar-refractivity contribution in [1.29, 1.82) is 0 Å². The SMILES string of the molecule is COc1ccccc1NC(=O)CCN1c2ccccc2CC1C. The van der Waals surface area contributed by atoms with Crippen LogP contribution in [0.5, 0.6) is 5.75 Å². The van der Waals surface area contributed by atoms with Crippen molar-refractivity contribution in [1.82, 2.24) is 0 Å². The first-order valence-electron chi connectivity index (χ1n) is 7.96. The zero-order valence-electron chi connectivity index (χ0n) is 13.6. The molecule has 4 nitrogen and oxygen atoms in total. The summed E-state index contributed by atoms with van der Waals surface area (Å²) in [5, 5.41) is 2.93. The third-order valence-corrected chi connectivity index (χ3v) is 4.31. The number of rotatable bonds is 5. The van der Waals surface area contributed by atoms with E-state index < -0.39 is 0 Å². The molecule has 2 aromatic carbocycles. The molecule has 1 unspecified atom stereocenters. The number of nitrogens with zero attached hydrogens (tertiary/aromatic N) is 1. The average molecular weight is 310 g/mol. The molecule has 1 amide bonds. The topological polar surface area (TPSA) is 41.6 Å². The Kier molecular flexibility index (Phi) is 4.51. The van der Waals surface area contributed by atoms with Crippen LogP contribution >= 0.6 is 0 Å². The lowest BCUT2D eigenvalue weighted by Gasteiger charge is -2.24. The second kappa shape index (κ2) is 6.73. The average Bonchev–Trinajstić information content (AvgIpc) is 2.88. The maximum atomic E-state index is 12.3. The molecule has 1 aliphatic rings. The summed E-state index contributed by atoms with van der Waals surface area (Å²) in [6.45, 7) is 2.93. The van der Waals surface area contributed by atoms with E-state index in [2.05, 4.69) is 41.4 Å². The molecule has 1 atom stereocenters. The smallest absolute Gasteiger partial charge is 0.226 e. The second-order valence-electron chi connectivity index (χ2n) is 5.87. The molecule has 120 valence electrons. The summed E-state index contributed by atoms with van der Waals surface area (Å²) < 4.78 is 5.26. The highest BCUT2D eigenvalue weighted by Crippen LogP contribution is 2.31. The lowest BCUT2D eigenvalue weighted by Crippen LogP contribution is -2.32. The number of nitrogens with one attached hydrogen (secondary N) is 1. The van der Waals surface area contributed by atoms with Gasteiger partial charge in [-0.15, -0.1) is 0 Å². The molecule has 0 bridgehead atoms. The number of benzene rings is 2. The first-order chi connectivity index (χ1) is 11.2. The molecule has 0 fully saturated rings. The minimum atomic E-state index is 0.00563. The third-order valence-electron chi connectivity index (χ3n) is 4.31. The van der Waals surface area contributed by atoms with Crippen LogP contribution in [0.15, 0.2) is 48.5 Å². The molecule has 4 heteroatoms. The van der Waals surface area contributed by atoms with Gasteiger partial charge in [-0.3, -0.25) is 4.79 Å². The van der Waals surface area contributed by atoms with Crippen LogP contribution in [0.25, 0.3) is 0 Å². The molecule has 0 saturated heterocycles. The van der Waals surface area contributed by atoms with Gasteiger partial charge in [0.1, 0.15) is 5.75 Å². The van der Waals surface area contributed by atoms with E-state index >= 15 is 0 Å². The maximum absolute atomic E-state index is 12.3. The van der Waals surface area contributed by atoms with Crippen LogP contribution in [0.1, 0.15) is 18.9 Å². The molecule has 23 heavy (non-hydrogen) atoms. The minimum absolute atomic E-state index is 0.00563. The Bertz CT molecular complexity index is 699. The van der Waals surface area contributed by atoms with Gasteiger partial charge in [-0.25, -0.2) is 0 Å². The van der Waals surface area contributed by atoms with Crippen molar-refractivity contribution in [2.75, 3.05) is 23.9 Å². The van der Waals surface area contributed by atoms with Gasteiger partial charge in [-0.05, 0) is 37.1 Å². The molecular weight excluding hydrogens is 288 g/mol. The highest BCUT2D eigenvalue weighted by atomic mass is 16.5. The summed E-state index contributed by atoms with van der Waals surface area (Å²) in [6.07, 6.45) is 1.50. The summed E-state index contributed by atoms with van der Waals surface area (Å²) in [6, 6.07) is 16.3. The molecule has 1 heterocycles. The Hall–Kier alpha value is -2.49. The number of hydrogen-bond acceptors (Lipinski definition) is 3. The fraction of sp³-hybridized carbons (Fsp3) is 0.316. The number of methoxy groups -OCH3 is 1. The number of carbonyl (C=O) groups excluding carboxylic acids is 1. The summed E-state index contributed by atoms with van der Waals surface area (Å²) in [5.74, 6) is 0.687. The van der Waals surface area contributed by atoms with Crippen LogP contribution in [-0.4, -0.2) is 25.6 Å². The first-order valence-corrected chi connectivity index (χ1v) is 7.96. The van der Waals surface area contributed by atoms with E-state index in [0.29, 0.717) is 18.2 Å². The number of anilines is 2. The number of hydrogen-bond donors (Lipinski definition) is 1. The van der Waals surface area contributed by atoms with E-state index in [9.17, 15) is 4.79 Å². The van der Waals surface area contributed by atoms with Crippen molar-refractivity contribution in [3.8, 4) is 5.75 Å². The monoisotopic (exact) mass is 310 g/mol. The standard InChI is InChI=1S/C19H22N2O2/c1-14-13-15-7-3-5-9-17(15)21(14)12-11-19(22)20-16-8-4-6-10-18(16)23-2/h3-10,14H,11-13H2,1-2H3,(H,20,22). The summed E-state index contributed by atoms with van der Waals surface area (Å²) in [5.41, 5.74) is 3.34. The van der Waals surface area contributed by atoms with E-state index in [1.54, 1.807) is 7.11 Å². The van der Waals surface area contributed by atoms with Gasteiger partial charge >= 0.3 is 0 Å². The predicted molar refractivity (Wildman–Crippen MR) is 93.2 cm³/mol. The Morgan fingerprint density at radius 2 is 1.96 bits per heavy atom. The van der Waals surface area contributed by atoms with Crippen molar-refractivity contribution in [3.63, 3.8) is 0 Å². The van der Waals surface area contributed by atoms with Gasteiger partial charge in [0.15, 0.2) is 0 Å². The van der Waals surface area contributed by atoms with E-state index in [0.717, 1.165) is 18.7 Å². The fourth-order valence-electron chi connectivity index (χ4n) is 3.15. The Morgan fingerprint density at radius 3 is 2.78 bits per heavy atom. The molecule has 0 radical (unpaired) electrons. The zero-order valence-corrected chi connectivity index (χ0v) is 13.6. The van der Waals surface area contributed by atoms with E-state index in [-0.39, 0.29) is 5.91 Å². The van der Waals surface area contributed by atoms with E-state index in [1.165, 1.54) is 11.3 Å². The van der Waals surface area contributed by atoms with Crippen molar-refractivity contribution in [3.05, 3.63) is 54.1 Å². The van der Waals surface area contributed by atoms with Crippen molar-refractivity contribution >= 4 is 17.3 Å². The van der Waals surface area contributed by atoms with Crippen LogP contribution in [0.4, 0.5) is 11.4 Å². The van der Waals surface area contributed by atoms with Crippen molar-refractivity contribution < 1.29 is 9.53 Å². The van der Waals surface area contributed by atoms with Crippen LogP contribution < -0.4 is 15.0 Å². The summed E-state index contributed by atoms with van der Waals surface area (Å²) in [4.78, 5) is 14.6. The van der Waals surface area contributed by atoms with Crippen LogP contribution in [0.2, 0.25) is 0 Å². The van der Waals surface area contributed by atoms with Gasteiger partial charge < -0.3 is 15.0 Å². The van der Waals surface area contributed by atoms with Crippen LogP contribution in [0.3, 0.4) is 0 Å².